The molecule has 0 N–H and O–H groups in total. The molecule has 0 unspecified atom stereocenters. The maximum atomic E-state index is 14.0. The van der Waals surface area contributed by atoms with Crippen molar-refractivity contribution in [3.8, 4) is 0 Å². The Bertz CT molecular complexity index is 1190. The number of carbonyl (C=O) groups is 1. The second-order valence-electron chi connectivity index (χ2n) is 7.56. The summed E-state index contributed by atoms with van der Waals surface area (Å²) >= 11 is 0. The fourth-order valence-corrected chi connectivity index (χ4v) is 4.94. The highest BCUT2D eigenvalue weighted by molar-refractivity contribution is 7.92. The summed E-state index contributed by atoms with van der Waals surface area (Å²) in [6.07, 6.45) is 0. The normalized spacial score (nSPS) is 14.3. The number of sulfonamides is 1. The molecule has 0 aliphatic carbocycles. The highest BCUT2D eigenvalue weighted by atomic mass is 32.2. The molecule has 0 saturated carbocycles. The van der Waals surface area contributed by atoms with E-state index in [0.717, 1.165) is 0 Å². The zero-order valence-electron chi connectivity index (χ0n) is 17.7. The summed E-state index contributed by atoms with van der Waals surface area (Å²) in [6.45, 7) is 1.98. The largest absolute Gasteiger partial charge is 0.366 e. The first-order valence-electron chi connectivity index (χ1n) is 10.3. The lowest BCUT2D eigenvalue weighted by Gasteiger charge is -2.36. The summed E-state index contributed by atoms with van der Waals surface area (Å²) in [4.78, 5) is 16.6. The van der Waals surface area contributed by atoms with E-state index in [1.54, 1.807) is 47.4 Å². The van der Waals surface area contributed by atoms with Crippen LogP contribution in [-0.4, -0.2) is 52.5 Å². The van der Waals surface area contributed by atoms with Crippen molar-refractivity contribution < 1.29 is 17.6 Å². The predicted octanol–water partition coefficient (Wildman–Crippen LogP) is 3.61. The van der Waals surface area contributed by atoms with E-state index in [4.69, 9.17) is 0 Å². The second kappa shape index (κ2) is 9.00. The van der Waals surface area contributed by atoms with Gasteiger partial charge >= 0.3 is 0 Å². The van der Waals surface area contributed by atoms with Crippen LogP contribution < -0.4 is 9.21 Å². The Morgan fingerprint density at radius 1 is 0.844 bits per heavy atom. The number of hydrogen-bond acceptors (Lipinski definition) is 4. The van der Waals surface area contributed by atoms with E-state index in [1.165, 1.54) is 41.7 Å². The number of hydrogen-bond donors (Lipinski definition) is 0. The molecule has 3 aromatic rings. The molecule has 1 aliphatic rings. The van der Waals surface area contributed by atoms with Gasteiger partial charge in [-0.3, -0.25) is 9.10 Å². The number of piperazine rings is 1. The van der Waals surface area contributed by atoms with Gasteiger partial charge in [-0.25, -0.2) is 12.8 Å². The Labute approximate surface area is 187 Å². The lowest BCUT2D eigenvalue weighted by Crippen LogP contribution is -2.49. The molecule has 1 fully saturated rings. The summed E-state index contributed by atoms with van der Waals surface area (Å²) in [5.41, 5.74) is 1.52. The quantitative estimate of drug-likeness (QED) is 0.592. The zero-order chi connectivity index (χ0) is 22.7. The van der Waals surface area contributed by atoms with Crippen molar-refractivity contribution in [2.45, 2.75) is 4.90 Å². The molecule has 0 spiro atoms. The first-order valence-corrected chi connectivity index (χ1v) is 11.7. The molecule has 8 heteroatoms. The SMILES string of the molecule is CN(c1ccccc1)S(=O)(=O)c1ccc(C(=O)N2CCN(c3ccccc3F)CC2)cc1. The Morgan fingerprint density at radius 2 is 1.44 bits per heavy atom. The summed E-state index contributed by atoms with van der Waals surface area (Å²) < 4.78 is 41.0. The van der Waals surface area contributed by atoms with Crippen LogP contribution >= 0.6 is 0 Å². The van der Waals surface area contributed by atoms with Crippen LogP contribution in [-0.2, 0) is 10.0 Å². The molecule has 1 heterocycles. The van der Waals surface area contributed by atoms with Gasteiger partial charge in [0.1, 0.15) is 5.82 Å². The van der Waals surface area contributed by atoms with E-state index in [1.807, 2.05) is 11.0 Å². The van der Waals surface area contributed by atoms with Gasteiger partial charge in [-0.1, -0.05) is 30.3 Å². The van der Waals surface area contributed by atoms with Gasteiger partial charge in [0.2, 0.25) is 0 Å². The van der Waals surface area contributed by atoms with Gasteiger partial charge in [0, 0.05) is 38.8 Å². The summed E-state index contributed by atoms with van der Waals surface area (Å²) in [7, 11) is -2.24. The molecule has 1 amide bonds. The standard InChI is InChI=1S/C24H24FN3O3S/c1-26(20-7-3-2-4-8-20)32(30,31)21-13-11-19(12-14-21)24(29)28-17-15-27(16-18-28)23-10-6-5-9-22(23)25/h2-14H,15-18H2,1H3. The second-order valence-corrected chi connectivity index (χ2v) is 9.53. The average molecular weight is 454 g/mol. The van der Waals surface area contributed by atoms with Crippen molar-refractivity contribution >= 4 is 27.3 Å². The number of benzene rings is 3. The molecule has 0 radical (unpaired) electrons. The third-order valence-corrected chi connectivity index (χ3v) is 7.44. The van der Waals surface area contributed by atoms with Gasteiger partial charge in [-0.2, -0.15) is 0 Å². The van der Waals surface area contributed by atoms with Crippen molar-refractivity contribution in [2.75, 3.05) is 42.4 Å². The molecule has 1 aliphatic heterocycles. The van der Waals surface area contributed by atoms with Crippen molar-refractivity contribution in [1.82, 2.24) is 4.90 Å². The summed E-state index contributed by atoms with van der Waals surface area (Å²) in [6, 6.07) is 21.4. The third-order valence-electron chi connectivity index (χ3n) is 5.64. The van der Waals surface area contributed by atoms with Gasteiger partial charge in [-0.05, 0) is 48.5 Å². The molecular formula is C24H24FN3O3S. The average Bonchev–Trinajstić information content (AvgIpc) is 2.84. The van der Waals surface area contributed by atoms with Crippen LogP contribution in [0.15, 0.2) is 83.8 Å². The maximum Gasteiger partial charge on any atom is 0.264 e. The summed E-state index contributed by atoms with van der Waals surface area (Å²) in [5.74, 6) is -0.442. The predicted molar refractivity (Wildman–Crippen MR) is 123 cm³/mol. The van der Waals surface area contributed by atoms with Crippen LogP contribution in [0.4, 0.5) is 15.8 Å². The van der Waals surface area contributed by atoms with Gasteiger partial charge in [-0.15, -0.1) is 0 Å². The Kier molecular flexibility index (Phi) is 6.14. The van der Waals surface area contributed by atoms with Gasteiger partial charge < -0.3 is 9.80 Å². The third kappa shape index (κ3) is 4.31. The Morgan fingerprint density at radius 3 is 2.06 bits per heavy atom. The van der Waals surface area contributed by atoms with Crippen LogP contribution in [0, 0.1) is 5.82 Å². The van der Waals surface area contributed by atoms with Crippen LogP contribution in [0.25, 0.3) is 0 Å². The molecule has 0 atom stereocenters. The number of halogens is 1. The molecule has 3 aromatic carbocycles. The monoisotopic (exact) mass is 453 g/mol. The number of rotatable bonds is 5. The van der Waals surface area contributed by atoms with Crippen molar-refractivity contribution in [1.29, 1.82) is 0 Å². The van der Waals surface area contributed by atoms with E-state index >= 15 is 0 Å². The van der Waals surface area contributed by atoms with Crippen molar-refractivity contribution in [3.63, 3.8) is 0 Å². The maximum absolute atomic E-state index is 14.0. The van der Waals surface area contributed by atoms with E-state index in [0.29, 0.717) is 43.1 Å². The number of nitrogens with zero attached hydrogens (tertiary/aromatic N) is 3. The van der Waals surface area contributed by atoms with Crippen LogP contribution in [0.5, 0.6) is 0 Å². The number of anilines is 2. The van der Waals surface area contributed by atoms with Crippen LogP contribution in [0.3, 0.4) is 0 Å². The minimum Gasteiger partial charge on any atom is -0.366 e. The van der Waals surface area contributed by atoms with Crippen molar-refractivity contribution in [2.24, 2.45) is 0 Å². The van der Waals surface area contributed by atoms with E-state index in [-0.39, 0.29) is 16.6 Å². The molecular weight excluding hydrogens is 429 g/mol. The fraction of sp³-hybridized carbons (Fsp3) is 0.208. The van der Waals surface area contributed by atoms with Crippen molar-refractivity contribution in [3.05, 3.63) is 90.2 Å². The van der Waals surface area contributed by atoms with E-state index in [2.05, 4.69) is 0 Å². The first kappa shape index (κ1) is 21.8. The van der Waals surface area contributed by atoms with Gasteiger partial charge in [0.25, 0.3) is 15.9 Å². The molecule has 0 bridgehead atoms. The molecule has 6 nitrogen and oxygen atoms in total. The minimum absolute atomic E-state index is 0.116. The number of amides is 1. The lowest BCUT2D eigenvalue weighted by atomic mass is 10.1. The Balaban J connectivity index is 1.43. The molecule has 32 heavy (non-hydrogen) atoms. The molecule has 1 saturated heterocycles. The number of para-hydroxylation sites is 2. The topological polar surface area (TPSA) is 60.9 Å². The smallest absolute Gasteiger partial charge is 0.264 e. The highest BCUT2D eigenvalue weighted by Crippen LogP contribution is 2.23. The van der Waals surface area contributed by atoms with Crippen LogP contribution in [0.1, 0.15) is 10.4 Å². The van der Waals surface area contributed by atoms with E-state index < -0.39 is 10.0 Å². The fourth-order valence-electron chi connectivity index (χ4n) is 3.75. The highest BCUT2D eigenvalue weighted by Gasteiger charge is 2.25. The summed E-state index contributed by atoms with van der Waals surface area (Å²) in [5, 5.41) is 0. The molecule has 4 rings (SSSR count). The van der Waals surface area contributed by atoms with Crippen LogP contribution in [0.2, 0.25) is 0 Å². The molecule has 166 valence electrons. The van der Waals surface area contributed by atoms with Gasteiger partial charge in [0.05, 0.1) is 16.3 Å². The van der Waals surface area contributed by atoms with E-state index in [9.17, 15) is 17.6 Å². The Hall–Kier alpha value is -3.39. The molecule has 0 aromatic heterocycles. The van der Waals surface area contributed by atoms with Gasteiger partial charge in [0.15, 0.2) is 0 Å². The lowest BCUT2D eigenvalue weighted by molar-refractivity contribution is 0.0746. The minimum atomic E-state index is -3.74. The first-order chi connectivity index (χ1) is 15.4. The zero-order valence-corrected chi connectivity index (χ0v) is 18.5. The number of carbonyl (C=O) groups excluding carboxylic acids is 1.